The van der Waals surface area contributed by atoms with Crippen LogP contribution in [-0.4, -0.2) is 15.0 Å². The highest BCUT2D eigenvalue weighted by Crippen LogP contribution is 2.43. The zero-order chi connectivity index (χ0) is 29.0. The molecule has 44 heavy (non-hydrogen) atoms. The van der Waals surface area contributed by atoms with Crippen molar-refractivity contribution >= 4 is 53.4 Å². The number of rotatable bonds is 4. The number of furan rings is 1. The predicted octanol–water partition coefficient (Wildman–Crippen LogP) is 10.8. The van der Waals surface area contributed by atoms with Gasteiger partial charge in [-0.3, -0.25) is 0 Å². The maximum absolute atomic E-state index is 6.70. The van der Waals surface area contributed by atoms with E-state index in [2.05, 4.69) is 78.9 Å². The summed E-state index contributed by atoms with van der Waals surface area (Å²) in [7, 11) is 0. The largest absolute Gasteiger partial charge is 0.455 e. The Morgan fingerprint density at radius 2 is 1.02 bits per heavy atom. The average molecular weight is 582 g/mol. The maximum atomic E-state index is 6.70. The molecule has 4 nitrogen and oxygen atoms in total. The monoisotopic (exact) mass is 581 g/mol. The summed E-state index contributed by atoms with van der Waals surface area (Å²) in [5.74, 6) is 1.88. The van der Waals surface area contributed by atoms with Gasteiger partial charge in [0.25, 0.3) is 0 Å². The van der Waals surface area contributed by atoms with Gasteiger partial charge in [0.1, 0.15) is 11.2 Å². The molecule has 3 heterocycles. The van der Waals surface area contributed by atoms with Gasteiger partial charge >= 0.3 is 0 Å². The minimum atomic E-state index is 0.606. The first-order valence-corrected chi connectivity index (χ1v) is 15.3. The highest BCUT2D eigenvalue weighted by Gasteiger charge is 2.18. The molecule has 0 fully saturated rings. The molecule has 0 saturated heterocycles. The standard InChI is InChI=1S/C39H23N3OS/c1-3-11-24(12-4-1)37-40-38(25-13-5-2-6-14-25)42-39(41-37)26-21-22-27-29-17-9-18-30(36(29)43-32(27)23-26)28-16-10-20-34-35(28)31-15-7-8-19-33(31)44-34/h1-23H. The highest BCUT2D eigenvalue weighted by atomic mass is 32.1. The Morgan fingerprint density at radius 3 is 1.77 bits per heavy atom. The van der Waals surface area contributed by atoms with Crippen molar-refractivity contribution in [1.29, 1.82) is 0 Å². The summed E-state index contributed by atoms with van der Waals surface area (Å²) in [6.07, 6.45) is 0. The number of hydrogen-bond acceptors (Lipinski definition) is 5. The van der Waals surface area contributed by atoms with Gasteiger partial charge in [-0.05, 0) is 29.8 Å². The van der Waals surface area contributed by atoms with Gasteiger partial charge in [-0.1, -0.05) is 115 Å². The van der Waals surface area contributed by atoms with Crippen LogP contribution < -0.4 is 0 Å². The summed E-state index contributed by atoms with van der Waals surface area (Å²) < 4.78 is 9.27. The Hall–Kier alpha value is -5.65. The number of nitrogens with zero attached hydrogens (tertiary/aromatic N) is 3. The van der Waals surface area contributed by atoms with Crippen LogP contribution in [0.5, 0.6) is 0 Å². The van der Waals surface area contributed by atoms with Gasteiger partial charge in [0.2, 0.25) is 0 Å². The van der Waals surface area contributed by atoms with Gasteiger partial charge in [0.05, 0.1) is 0 Å². The third-order valence-corrected chi connectivity index (χ3v) is 9.29. The van der Waals surface area contributed by atoms with Crippen LogP contribution in [0, 0.1) is 0 Å². The van der Waals surface area contributed by atoms with E-state index in [-0.39, 0.29) is 0 Å². The van der Waals surface area contributed by atoms with Gasteiger partial charge in [-0.2, -0.15) is 0 Å². The SMILES string of the molecule is c1ccc(-c2nc(-c3ccccc3)nc(-c3ccc4c(c3)oc3c(-c5cccc6sc7ccccc7c56)cccc34)n2)cc1. The normalized spacial score (nSPS) is 11.6. The molecule has 0 unspecified atom stereocenters. The first-order chi connectivity index (χ1) is 21.8. The lowest BCUT2D eigenvalue weighted by atomic mass is 9.97. The second-order valence-corrected chi connectivity index (χ2v) is 11.9. The first kappa shape index (κ1) is 24.9. The molecule has 0 bridgehead atoms. The van der Waals surface area contributed by atoms with E-state index < -0.39 is 0 Å². The third kappa shape index (κ3) is 4.02. The smallest absolute Gasteiger partial charge is 0.164 e. The van der Waals surface area contributed by atoms with E-state index in [1.165, 1.54) is 25.7 Å². The summed E-state index contributed by atoms with van der Waals surface area (Å²) >= 11 is 1.83. The Bertz CT molecular complexity index is 2440. The Kier molecular flexibility index (Phi) is 5.64. The van der Waals surface area contributed by atoms with E-state index in [0.29, 0.717) is 17.5 Å². The van der Waals surface area contributed by atoms with Crippen molar-refractivity contribution in [2.24, 2.45) is 0 Å². The number of hydrogen-bond donors (Lipinski definition) is 0. The van der Waals surface area contributed by atoms with Gasteiger partial charge in [0.15, 0.2) is 17.5 Å². The average Bonchev–Trinajstić information content (AvgIpc) is 3.67. The van der Waals surface area contributed by atoms with Crippen molar-refractivity contribution in [3.05, 3.63) is 140 Å². The molecule has 0 spiro atoms. The lowest BCUT2D eigenvalue weighted by Gasteiger charge is -2.08. The molecule has 0 aliphatic heterocycles. The summed E-state index contributed by atoms with van der Waals surface area (Å²) in [5.41, 5.74) is 6.72. The quantitative estimate of drug-likeness (QED) is 0.207. The van der Waals surface area contributed by atoms with E-state index >= 15 is 0 Å². The highest BCUT2D eigenvalue weighted by molar-refractivity contribution is 7.25. The van der Waals surface area contributed by atoms with Crippen LogP contribution in [0.4, 0.5) is 0 Å². The van der Waals surface area contributed by atoms with Crippen LogP contribution in [0.15, 0.2) is 144 Å². The fourth-order valence-electron chi connectivity index (χ4n) is 6.09. The summed E-state index contributed by atoms with van der Waals surface area (Å²) in [6, 6.07) is 47.9. The number of benzene rings is 6. The Labute approximate surface area is 256 Å². The molecule has 0 N–H and O–H groups in total. The lowest BCUT2D eigenvalue weighted by Crippen LogP contribution is -2.00. The van der Waals surface area contributed by atoms with Crippen molar-refractivity contribution < 1.29 is 4.42 Å². The van der Waals surface area contributed by atoms with E-state index in [9.17, 15) is 0 Å². The number of fused-ring (bicyclic) bond motifs is 6. The molecule has 3 aromatic heterocycles. The molecule has 0 aliphatic rings. The zero-order valence-corrected chi connectivity index (χ0v) is 24.3. The van der Waals surface area contributed by atoms with Crippen molar-refractivity contribution in [3.63, 3.8) is 0 Å². The molecule has 206 valence electrons. The molecular formula is C39H23N3OS. The van der Waals surface area contributed by atoms with Crippen LogP contribution in [0.1, 0.15) is 0 Å². The van der Waals surface area contributed by atoms with E-state index in [1.807, 2.05) is 72.0 Å². The van der Waals surface area contributed by atoms with Gasteiger partial charge < -0.3 is 4.42 Å². The summed E-state index contributed by atoms with van der Waals surface area (Å²) in [4.78, 5) is 14.7. The summed E-state index contributed by atoms with van der Waals surface area (Å²) in [6.45, 7) is 0. The van der Waals surface area contributed by atoms with Crippen LogP contribution in [0.2, 0.25) is 0 Å². The number of thiophene rings is 1. The fourth-order valence-corrected chi connectivity index (χ4v) is 7.22. The van der Waals surface area contributed by atoms with Crippen molar-refractivity contribution in [2.45, 2.75) is 0 Å². The van der Waals surface area contributed by atoms with Gasteiger partial charge in [-0.15, -0.1) is 11.3 Å². The van der Waals surface area contributed by atoms with Gasteiger partial charge in [0, 0.05) is 53.2 Å². The van der Waals surface area contributed by atoms with Crippen LogP contribution >= 0.6 is 11.3 Å². The number of aromatic nitrogens is 3. The molecular weight excluding hydrogens is 559 g/mol. The lowest BCUT2D eigenvalue weighted by molar-refractivity contribution is 0.670. The molecule has 0 amide bonds. The molecule has 6 aromatic carbocycles. The molecule has 0 radical (unpaired) electrons. The van der Waals surface area contributed by atoms with Crippen molar-refractivity contribution in [1.82, 2.24) is 15.0 Å². The fraction of sp³-hybridized carbons (Fsp3) is 0. The second-order valence-electron chi connectivity index (χ2n) is 10.8. The Morgan fingerprint density at radius 1 is 0.432 bits per heavy atom. The molecule has 0 atom stereocenters. The molecule has 9 aromatic rings. The minimum Gasteiger partial charge on any atom is -0.455 e. The molecule has 0 saturated carbocycles. The zero-order valence-electron chi connectivity index (χ0n) is 23.4. The van der Waals surface area contributed by atoms with Crippen LogP contribution in [0.3, 0.4) is 0 Å². The van der Waals surface area contributed by atoms with E-state index in [1.54, 1.807) is 0 Å². The molecule has 9 rings (SSSR count). The topological polar surface area (TPSA) is 51.8 Å². The van der Waals surface area contributed by atoms with E-state index in [0.717, 1.165) is 44.2 Å². The van der Waals surface area contributed by atoms with Crippen molar-refractivity contribution in [3.8, 4) is 45.3 Å². The first-order valence-electron chi connectivity index (χ1n) is 14.5. The Balaban J connectivity index is 1.23. The van der Waals surface area contributed by atoms with Crippen molar-refractivity contribution in [2.75, 3.05) is 0 Å². The predicted molar refractivity (Wildman–Crippen MR) is 182 cm³/mol. The molecule has 5 heteroatoms. The van der Waals surface area contributed by atoms with E-state index in [4.69, 9.17) is 19.4 Å². The third-order valence-electron chi connectivity index (χ3n) is 8.15. The van der Waals surface area contributed by atoms with Crippen LogP contribution in [0.25, 0.3) is 87.4 Å². The minimum absolute atomic E-state index is 0.606. The van der Waals surface area contributed by atoms with Gasteiger partial charge in [-0.25, -0.2) is 15.0 Å². The summed E-state index contributed by atoms with van der Waals surface area (Å²) in [5, 5.41) is 4.70. The maximum Gasteiger partial charge on any atom is 0.164 e. The second kappa shape index (κ2) is 9.97. The van der Waals surface area contributed by atoms with Crippen LogP contribution in [-0.2, 0) is 0 Å². The number of para-hydroxylation sites is 1. The molecule has 0 aliphatic carbocycles.